The molecule has 0 aromatic heterocycles. The van der Waals surface area contributed by atoms with Gasteiger partial charge in [-0.25, -0.2) is 0 Å². The van der Waals surface area contributed by atoms with Gasteiger partial charge in [0.2, 0.25) is 0 Å². The summed E-state index contributed by atoms with van der Waals surface area (Å²) in [5, 5.41) is 3.94. The normalized spacial score (nSPS) is 46.3. The Bertz CT molecular complexity index is 295. The predicted molar refractivity (Wildman–Crippen MR) is 80.0 cm³/mol. The van der Waals surface area contributed by atoms with Crippen LogP contribution in [0.25, 0.3) is 0 Å². The third-order valence-corrected chi connectivity index (χ3v) is 7.07. The summed E-state index contributed by atoms with van der Waals surface area (Å²) in [6.07, 6.45) is 15.5. The lowest BCUT2D eigenvalue weighted by Crippen LogP contribution is -2.56. The Labute approximate surface area is 118 Å². The first kappa shape index (κ1) is 12.7. The minimum atomic E-state index is 0.723. The van der Waals surface area contributed by atoms with Gasteiger partial charge in [-0.05, 0) is 80.6 Å². The maximum Gasteiger partial charge on any atom is 0.0126 e. The molecule has 5 aliphatic carbocycles. The molecule has 0 aliphatic heterocycles. The number of hydrogen-bond donors (Lipinski definition) is 1. The predicted octanol–water partition coefficient (Wildman–Crippen LogP) is 4.37. The smallest absolute Gasteiger partial charge is 0.0126 e. The van der Waals surface area contributed by atoms with E-state index in [9.17, 15) is 0 Å². The Morgan fingerprint density at radius 1 is 1.00 bits per heavy atom. The third kappa shape index (κ3) is 2.17. The van der Waals surface area contributed by atoms with Gasteiger partial charge in [0.15, 0.2) is 0 Å². The second kappa shape index (κ2) is 4.76. The molecule has 1 N–H and O–H groups in total. The van der Waals surface area contributed by atoms with E-state index in [1.807, 2.05) is 0 Å². The summed E-state index contributed by atoms with van der Waals surface area (Å²) in [4.78, 5) is 0. The summed E-state index contributed by atoms with van der Waals surface area (Å²) in [6, 6.07) is 0.858. The van der Waals surface area contributed by atoms with Crippen molar-refractivity contribution in [2.45, 2.75) is 77.2 Å². The van der Waals surface area contributed by atoms with Crippen LogP contribution in [0.4, 0.5) is 0 Å². The Morgan fingerprint density at radius 3 is 2.00 bits per heavy atom. The van der Waals surface area contributed by atoms with E-state index < -0.39 is 0 Å². The van der Waals surface area contributed by atoms with Crippen molar-refractivity contribution in [1.29, 1.82) is 0 Å². The lowest BCUT2D eigenvalue weighted by Gasteiger charge is -2.60. The largest absolute Gasteiger partial charge is 0.314 e. The average molecular weight is 261 g/mol. The number of hydrogen-bond acceptors (Lipinski definition) is 1. The molecule has 1 atom stereocenters. The molecular formula is C18H31N. The van der Waals surface area contributed by atoms with Crippen molar-refractivity contribution in [3.8, 4) is 0 Å². The highest BCUT2D eigenvalue weighted by atomic mass is 14.9. The first-order valence-electron chi connectivity index (χ1n) is 9.01. The van der Waals surface area contributed by atoms with Gasteiger partial charge in [-0.3, -0.25) is 0 Å². The van der Waals surface area contributed by atoms with E-state index in [0.717, 1.165) is 35.1 Å². The standard InChI is InChI=1S/C18H31N/c1-2-19-17(9-13-4-3-5-13)18-10-14-6-15(11-18)8-16(7-14)12-18/h13-17,19H,2-12H2,1H3. The van der Waals surface area contributed by atoms with E-state index in [1.54, 1.807) is 38.5 Å². The van der Waals surface area contributed by atoms with Crippen molar-refractivity contribution in [3.63, 3.8) is 0 Å². The van der Waals surface area contributed by atoms with Crippen LogP contribution < -0.4 is 5.32 Å². The minimum absolute atomic E-state index is 0.723. The van der Waals surface area contributed by atoms with Crippen molar-refractivity contribution < 1.29 is 0 Å². The zero-order valence-electron chi connectivity index (χ0n) is 12.7. The molecule has 4 bridgehead atoms. The molecule has 108 valence electrons. The zero-order chi connectivity index (χ0) is 12.9. The molecule has 0 aromatic rings. The van der Waals surface area contributed by atoms with E-state index >= 15 is 0 Å². The van der Waals surface area contributed by atoms with Gasteiger partial charge in [-0.1, -0.05) is 26.2 Å². The van der Waals surface area contributed by atoms with Crippen LogP contribution in [-0.2, 0) is 0 Å². The summed E-state index contributed by atoms with van der Waals surface area (Å²) in [5.41, 5.74) is 0.723. The maximum atomic E-state index is 3.94. The first-order valence-corrected chi connectivity index (χ1v) is 9.01. The van der Waals surface area contributed by atoms with Crippen LogP contribution >= 0.6 is 0 Å². The average Bonchev–Trinajstić information content (AvgIpc) is 2.30. The highest BCUT2D eigenvalue weighted by molar-refractivity contribution is 5.06. The molecule has 0 saturated heterocycles. The Hall–Kier alpha value is -0.0400. The van der Waals surface area contributed by atoms with Crippen molar-refractivity contribution >= 4 is 0 Å². The minimum Gasteiger partial charge on any atom is -0.314 e. The van der Waals surface area contributed by atoms with Gasteiger partial charge in [0, 0.05) is 6.04 Å². The topological polar surface area (TPSA) is 12.0 Å². The molecule has 1 nitrogen and oxygen atoms in total. The van der Waals surface area contributed by atoms with Gasteiger partial charge in [0.1, 0.15) is 0 Å². The summed E-state index contributed by atoms with van der Waals surface area (Å²) in [7, 11) is 0. The third-order valence-electron chi connectivity index (χ3n) is 7.07. The van der Waals surface area contributed by atoms with Crippen LogP contribution in [0.1, 0.15) is 71.1 Å². The lowest BCUT2D eigenvalue weighted by molar-refractivity contribution is -0.0791. The van der Waals surface area contributed by atoms with Gasteiger partial charge in [-0.2, -0.15) is 0 Å². The van der Waals surface area contributed by atoms with E-state index in [0.29, 0.717) is 0 Å². The molecule has 1 unspecified atom stereocenters. The van der Waals surface area contributed by atoms with E-state index in [1.165, 1.54) is 32.2 Å². The Balaban J connectivity index is 1.53. The molecule has 5 saturated carbocycles. The molecule has 5 rings (SSSR count). The van der Waals surface area contributed by atoms with Gasteiger partial charge >= 0.3 is 0 Å². The van der Waals surface area contributed by atoms with Crippen LogP contribution in [0.15, 0.2) is 0 Å². The number of rotatable bonds is 5. The molecule has 0 aromatic carbocycles. The van der Waals surface area contributed by atoms with Crippen LogP contribution in [0.3, 0.4) is 0 Å². The van der Waals surface area contributed by atoms with Crippen LogP contribution in [0.5, 0.6) is 0 Å². The molecule has 0 heterocycles. The first-order chi connectivity index (χ1) is 9.27. The molecule has 0 amide bonds. The summed E-state index contributed by atoms with van der Waals surface area (Å²) >= 11 is 0. The molecule has 1 heteroatoms. The fraction of sp³-hybridized carbons (Fsp3) is 1.00. The second-order valence-corrected chi connectivity index (χ2v) is 8.42. The molecular weight excluding hydrogens is 230 g/mol. The number of nitrogens with one attached hydrogen (secondary N) is 1. The van der Waals surface area contributed by atoms with Crippen LogP contribution in [-0.4, -0.2) is 12.6 Å². The van der Waals surface area contributed by atoms with Gasteiger partial charge in [0.25, 0.3) is 0 Å². The second-order valence-electron chi connectivity index (χ2n) is 8.42. The molecule has 5 fully saturated rings. The van der Waals surface area contributed by atoms with Gasteiger partial charge < -0.3 is 5.32 Å². The van der Waals surface area contributed by atoms with Crippen molar-refractivity contribution in [1.82, 2.24) is 5.32 Å². The fourth-order valence-electron chi connectivity index (χ4n) is 6.46. The molecule has 5 aliphatic rings. The van der Waals surface area contributed by atoms with Crippen molar-refractivity contribution in [3.05, 3.63) is 0 Å². The quantitative estimate of drug-likeness (QED) is 0.775. The van der Waals surface area contributed by atoms with Gasteiger partial charge in [0.05, 0.1) is 0 Å². The SMILES string of the molecule is CCNC(CC1CCC1)C12CC3CC(CC(C3)C1)C2. The highest BCUT2D eigenvalue weighted by Gasteiger charge is 2.54. The van der Waals surface area contributed by atoms with E-state index in [2.05, 4.69) is 12.2 Å². The summed E-state index contributed by atoms with van der Waals surface area (Å²) in [5.74, 6) is 4.38. The van der Waals surface area contributed by atoms with Crippen LogP contribution in [0.2, 0.25) is 0 Å². The maximum absolute atomic E-state index is 3.94. The Morgan fingerprint density at radius 2 is 1.58 bits per heavy atom. The van der Waals surface area contributed by atoms with E-state index in [-0.39, 0.29) is 0 Å². The zero-order valence-corrected chi connectivity index (χ0v) is 12.7. The van der Waals surface area contributed by atoms with Crippen molar-refractivity contribution in [2.24, 2.45) is 29.1 Å². The van der Waals surface area contributed by atoms with Crippen LogP contribution in [0, 0.1) is 29.1 Å². The summed E-state index contributed by atoms with van der Waals surface area (Å²) < 4.78 is 0. The lowest BCUT2D eigenvalue weighted by atomic mass is 9.47. The molecule has 0 spiro atoms. The van der Waals surface area contributed by atoms with Gasteiger partial charge in [-0.15, -0.1) is 0 Å². The molecule has 0 radical (unpaired) electrons. The van der Waals surface area contributed by atoms with Crippen molar-refractivity contribution in [2.75, 3.05) is 6.54 Å². The van der Waals surface area contributed by atoms with E-state index in [4.69, 9.17) is 0 Å². The molecule has 19 heavy (non-hydrogen) atoms. The fourth-order valence-corrected chi connectivity index (χ4v) is 6.46. The monoisotopic (exact) mass is 261 g/mol. The highest BCUT2D eigenvalue weighted by Crippen LogP contribution is 2.62. The Kier molecular flexibility index (Phi) is 3.17. The summed E-state index contributed by atoms with van der Waals surface area (Å²) in [6.45, 7) is 3.49.